The predicted octanol–water partition coefficient (Wildman–Crippen LogP) is 2.24. The molecule has 0 aliphatic carbocycles. The molecule has 24 heavy (non-hydrogen) atoms. The van der Waals surface area contributed by atoms with E-state index in [1.165, 1.54) is 4.90 Å². The lowest BCUT2D eigenvalue weighted by atomic mass is 10.1. The Labute approximate surface area is 142 Å². The highest BCUT2D eigenvalue weighted by molar-refractivity contribution is 6.06. The van der Waals surface area contributed by atoms with Gasteiger partial charge in [0.2, 0.25) is 0 Å². The van der Waals surface area contributed by atoms with Gasteiger partial charge in [-0.05, 0) is 38.8 Å². The molecule has 3 amide bonds. The number of hydrogen-bond acceptors (Lipinski definition) is 4. The monoisotopic (exact) mass is 332 g/mol. The van der Waals surface area contributed by atoms with E-state index in [2.05, 4.69) is 5.32 Å². The summed E-state index contributed by atoms with van der Waals surface area (Å²) < 4.78 is 11.4. The summed E-state index contributed by atoms with van der Waals surface area (Å²) in [6.45, 7) is 7.72. The zero-order chi connectivity index (χ0) is 17.3. The zero-order valence-corrected chi connectivity index (χ0v) is 14.4. The van der Waals surface area contributed by atoms with Gasteiger partial charge in [0, 0.05) is 18.1 Å². The molecular formula is C18H24N2O4. The van der Waals surface area contributed by atoms with E-state index in [1.807, 2.05) is 25.1 Å². The number of urea groups is 1. The first kappa shape index (κ1) is 16.8. The summed E-state index contributed by atoms with van der Waals surface area (Å²) in [5.74, 6) is 0.907. The summed E-state index contributed by atoms with van der Waals surface area (Å²) in [4.78, 5) is 25.7. The fourth-order valence-corrected chi connectivity index (χ4v) is 2.98. The minimum atomic E-state index is -0.857. The molecule has 0 aromatic heterocycles. The number of nitrogens with zero attached hydrogens (tertiary/aromatic N) is 1. The van der Waals surface area contributed by atoms with E-state index >= 15 is 0 Å². The molecule has 6 heteroatoms. The molecule has 130 valence electrons. The SMILES string of the molecule is Cc1ccc(CN2C(=O)NC(C)(C)C2=O)c(OC[C@H]2CCOC2)c1. The second-order valence-corrected chi connectivity index (χ2v) is 7.10. The first-order chi connectivity index (χ1) is 11.4. The lowest BCUT2D eigenvalue weighted by Gasteiger charge is -2.19. The average molecular weight is 332 g/mol. The van der Waals surface area contributed by atoms with Crippen LogP contribution in [0.4, 0.5) is 4.79 Å². The van der Waals surface area contributed by atoms with Gasteiger partial charge in [-0.1, -0.05) is 12.1 Å². The first-order valence-electron chi connectivity index (χ1n) is 8.31. The summed E-state index contributed by atoms with van der Waals surface area (Å²) in [6.07, 6.45) is 1.00. The van der Waals surface area contributed by atoms with E-state index < -0.39 is 5.54 Å². The van der Waals surface area contributed by atoms with Crippen molar-refractivity contribution in [1.82, 2.24) is 10.2 Å². The number of benzene rings is 1. The van der Waals surface area contributed by atoms with Gasteiger partial charge in [0.15, 0.2) is 0 Å². The molecule has 1 N–H and O–H groups in total. The summed E-state index contributed by atoms with van der Waals surface area (Å²) in [7, 11) is 0. The minimum Gasteiger partial charge on any atom is -0.493 e. The van der Waals surface area contributed by atoms with Gasteiger partial charge in [-0.15, -0.1) is 0 Å². The molecule has 2 saturated heterocycles. The second kappa shape index (κ2) is 6.43. The molecule has 0 saturated carbocycles. The second-order valence-electron chi connectivity index (χ2n) is 7.10. The minimum absolute atomic E-state index is 0.213. The number of aryl methyl sites for hydroxylation is 1. The molecule has 2 fully saturated rings. The summed E-state index contributed by atoms with van der Waals surface area (Å²) >= 11 is 0. The molecule has 0 radical (unpaired) electrons. The van der Waals surface area contributed by atoms with Gasteiger partial charge in [0.1, 0.15) is 11.3 Å². The maximum atomic E-state index is 12.4. The Bertz CT molecular complexity index is 650. The third-order valence-electron chi connectivity index (χ3n) is 4.49. The smallest absolute Gasteiger partial charge is 0.325 e. The van der Waals surface area contributed by atoms with Gasteiger partial charge in [-0.25, -0.2) is 4.79 Å². The largest absolute Gasteiger partial charge is 0.493 e. The van der Waals surface area contributed by atoms with Crippen LogP contribution in [-0.2, 0) is 16.1 Å². The number of nitrogens with one attached hydrogen (secondary N) is 1. The van der Waals surface area contributed by atoms with Crippen LogP contribution in [0, 0.1) is 12.8 Å². The van der Waals surface area contributed by atoms with Crippen molar-refractivity contribution in [1.29, 1.82) is 0 Å². The predicted molar refractivity (Wildman–Crippen MR) is 88.8 cm³/mol. The van der Waals surface area contributed by atoms with Crippen LogP contribution in [0.15, 0.2) is 18.2 Å². The molecule has 2 aliphatic rings. The van der Waals surface area contributed by atoms with E-state index in [-0.39, 0.29) is 18.5 Å². The van der Waals surface area contributed by atoms with E-state index in [9.17, 15) is 9.59 Å². The van der Waals surface area contributed by atoms with E-state index in [0.29, 0.717) is 12.5 Å². The molecule has 1 atom stereocenters. The fraction of sp³-hybridized carbons (Fsp3) is 0.556. The Morgan fingerprint density at radius 3 is 2.79 bits per heavy atom. The highest BCUT2D eigenvalue weighted by Crippen LogP contribution is 2.26. The Morgan fingerprint density at radius 1 is 1.38 bits per heavy atom. The van der Waals surface area contributed by atoms with Gasteiger partial charge in [0.05, 0.1) is 19.8 Å². The molecule has 1 aromatic rings. The molecule has 0 bridgehead atoms. The van der Waals surface area contributed by atoms with Crippen LogP contribution >= 0.6 is 0 Å². The Kier molecular flexibility index (Phi) is 4.49. The van der Waals surface area contributed by atoms with Crippen molar-refractivity contribution in [2.45, 2.75) is 39.3 Å². The summed E-state index contributed by atoms with van der Waals surface area (Å²) in [5.41, 5.74) is 1.05. The number of hydrogen-bond donors (Lipinski definition) is 1. The van der Waals surface area contributed by atoms with Crippen LogP contribution in [-0.4, -0.2) is 42.2 Å². The first-order valence-corrected chi connectivity index (χ1v) is 8.31. The number of imide groups is 1. The molecule has 2 heterocycles. The third-order valence-corrected chi connectivity index (χ3v) is 4.49. The lowest BCUT2D eigenvalue weighted by molar-refractivity contribution is -0.130. The van der Waals surface area contributed by atoms with Crippen LogP contribution in [0.3, 0.4) is 0 Å². The Balaban J connectivity index is 1.75. The number of rotatable bonds is 5. The maximum Gasteiger partial charge on any atom is 0.325 e. The van der Waals surface area contributed by atoms with Crippen LogP contribution in [0.25, 0.3) is 0 Å². The summed E-state index contributed by atoms with van der Waals surface area (Å²) in [6, 6.07) is 5.47. The third kappa shape index (κ3) is 3.38. The van der Waals surface area contributed by atoms with Gasteiger partial charge in [0.25, 0.3) is 5.91 Å². The van der Waals surface area contributed by atoms with E-state index in [1.54, 1.807) is 13.8 Å². The van der Waals surface area contributed by atoms with E-state index in [4.69, 9.17) is 9.47 Å². The fourth-order valence-electron chi connectivity index (χ4n) is 2.98. The lowest BCUT2D eigenvalue weighted by Crippen LogP contribution is -2.40. The van der Waals surface area contributed by atoms with Crippen LogP contribution < -0.4 is 10.1 Å². The van der Waals surface area contributed by atoms with Crippen molar-refractivity contribution >= 4 is 11.9 Å². The van der Waals surface area contributed by atoms with Gasteiger partial charge >= 0.3 is 6.03 Å². The van der Waals surface area contributed by atoms with Crippen LogP contribution in [0.1, 0.15) is 31.4 Å². The molecular weight excluding hydrogens is 308 g/mol. The number of carbonyl (C=O) groups is 2. The van der Waals surface area contributed by atoms with E-state index in [0.717, 1.165) is 36.5 Å². The normalized spacial score (nSPS) is 22.8. The highest BCUT2D eigenvalue weighted by Gasteiger charge is 2.44. The van der Waals surface area contributed by atoms with Crippen molar-refractivity contribution in [3.8, 4) is 5.75 Å². The molecule has 6 nitrogen and oxygen atoms in total. The summed E-state index contributed by atoms with van der Waals surface area (Å²) in [5, 5.41) is 2.70. The van der Waals surface area contributed by atoms with Crippen molar-refractivity contribution < 1.29 is 19.1 Å². The Hall–Kier alpha value is -2.08. The highest BCUT2D eigenvalue weighted by atomic mass is 16.5. The molecule has 0 unspecified atom stereocenters. The molecule has 2 aliphatic heterocycles. The van der Waals surface area contributed by atoms with Gasteiger partial charge < -0.3 is 14.8 Å². The molecule has 1 aromatic carbocycles. The van der Waals surface area contributed by atoms with Crippen molar-refractivity contribution in [3.63, 3.8) is 0 Å². The standard InChI is InChI=1S/C18H24N2O4/c1-12-4-5-14(9-20-16(21)18(2,3)19-17(20)22)15(8-12)24-11-13-6-7-23-10-13/h4-5,8,13H,6-7,9-11H2,1-3H3,(H,19,22)/t13-/m0/s1. The quantitative estimate of drug-likeness (QED) is 0.840. The van der Waals surface area contributed by atoms with Crippen molar-refractivity contribution in [2.75, 3.05) is 19.8 Å². The Morgan fingerprint density at radius 2 is 2.17 bits per heavy atom. The maximum absolute atomic E-state index is 12.4. The molecule has 3 rings (SSSR count). The van der Waals surface area contributed by atoms with Crippen molar-refractivity contribution in [2.24, 2.45) is 5.92 Å². The van der Waals surface area contributed by atoms with Crippen LogP contribution in [0.5, 0.6) is 5.75 Å². The zero-order valence-electron chi connectivity index (χ0n) is 14.4. The van der Waals surface area contributed by atoms with Crippen molar-refractivity contribution in [3.05, 3.63) is 29.3 Å². The average Bonchev–Trinajstić information content (AvgIpc) is 3.09. The topological polar surface area (TPSA) is 67.9 Å². The number of carbonyl (C=O) groups excluding carboxylic acids is 2. The number of ether oxygens (including phenoxy) is 2. The van der Waals surface area contributed by atoms with Crippen LogP contribution in [0.2, 0.25) is 0 Å². The number of amides is 3. The van der Waals surface area contributed by atoms with Gasteiger partial charge in [-0.3, -0.25) is 9.69 Å². The van der Waals surface area contributed by atoms with Gasteiger partial charge in [-0.2, -0.15) is 0 Å². The molecule has 0 spiro atoms.